The van der Waals surface area contributed by atoms with E-state index in [1.807, 2.05) is 31.3 Å². The van der Waals surface area contributed by atoms with Crippen molar-refractivity contribution in [2.75, 3.05) is 11.9 Å². The Hall–Kier alpha value is -3.75. The fourth-order valence-electron chi connectivity index (χ4n) is 2.67. The predicted molar refractivity (Wildman–Crippen MR) is 96.9 cm³/mol. The van der Waals surface area contributed by atoms with Crippen molar-refractivity contribution in [1.82, 2.24) is 35.0 Å². The number of nitrogens with zero attached hydrogens (tertiary/aromatic N) is 5. The van der Waals surface area contributed by atoms with Crippen LogP contribution in [0.2, 0.25) is 0 Å². The first-order valence-corrected chi connectivity index (χ1v) is 8.08. The number of aromatic amines is 1. The van der Waals surface area contributed by atoms with Crippen LogP contribution in [-0.2, 0) is 0 Å². The van der Waals surface area contributed by atoms with Gasteiger partial charge in [0, 0.05) is 36.9 Å². The Balaban J connectivity index is 1.85. The number of hydrogen-bond acceptors (Lipinski definition) is 5. The summed E-state index contributed by atoms with van der Waals surface area (Å²) in [6.45, 7) is 2.38. The molecule has 0 bridgehead atoms. The van der Waals surface area contributed by atoms with Gasteiger partial charge < -0.3 is 10.3 Å². The summed E-state index contributed by atoms with van der Waals surface area (Å²) < 4.78 is 1.73. The quantitative estimate of drug-likeness (QED) is 0.524. The van der Waals surface area contributed by atoms with Crippen molar-refractivity contribution in [2.45, 2.75) is 6.92 Å². The third kappa shape index (κ3) is 2.97. The van der Waals surface area contributed by atoms with Gasteiger partial charge in [-0.15, -0.1) is 0 Å². The molecule has 0 spiro atoms. The van der Waals surface area contributed by atoms with Crippen LogP contribution in [-0.4, -0.2) is 42.3 Å². The Morgan fingerprint density at radius 1 is 1.23 bits per heavy atom. The molecule has 0 aliphatic heterocycles. The zero-order valence-electron chi connectivity index (χ0n) is 14.0. The number of rotatable bonds is 4. The average molecular weight is 348 g/mol. The van der Waals surface area contributed by atoms with Crippen LogP contribution in [0.4, 0.5) is 10.7 Å². The molecule has 0 atom stereocenters. The van der Waals surface area contributed by atoms with Crippen LogP contribution in [0.1, 0.15) is 6.92 Å². The minimum absolute atomic E-state index is 0.316. The lowest BCUT2D eigenvalue weighted by molar-refractivity contribution is 0.252. The van der Waals surface area contributed by atoms with Gasteiger partial charge in [-0.1, -0.05) is 0 Å². The standard InChI is InChI=1S/C17H16N8O/c1-2-20-17(26)24-16-22-13-6-11(12-8-18-10-19-9-12)7-14(15(13)23-16)25-5-3-4-21-25/h3-10H,2H2,1H3,(H3,20,22,23,24,26). The topological polar surface area (TPSA) is 113 Å². The molecule has 3 N–H and O–H groups in total. The normalized spacial score (nSPS) is 10.8. The number of urea groups is 1. The molecule has 0 fully saturated rings. The number of fused-ring (bicyclic) bond motifs is 1. The van der Waals surface area contributed by atoms with Gasteiger partial charge in [0.05, 0.1) is 11.2 Å². The minimum Gasteiger partial charge on any atom is -0.338 e. The molecule has 130 valence electrons. The van der Waals surface area contributed by atoms with E-state index in [9.17, 15) is 4.79 Å². The van der Waals surface area contributed by atoms with Gasteiger partial charge >= 0.3 is 6.03 Å². The first kappa shape index (κ1) is 15.8. The molecule has 4 rings (SSSR count). The molecule has 26 heavy (non-hydrogen) atoms. The molecule has 3 aromatic heterocycles. The summed E-state index contributed by atoms with van der Waals surface area (Å²) in [4.78, 5) is 27.6. The van der Waals surface area contributed by atoms with Gasteiger partial charge in [0.15, 0.2) is 0 Å². The van der Waals surface area contributed by atoms with Gasteiger partial charge in [-0.3, -0.25) is 5.32 Å². The number of benzene rings is 1. The van der Waals surface area contributed by atoms with Gasteiger partial charge in [-0.25, -0.2) is 24.4 Å². The van der Waals surface area contributed by atoms with Crippen LogP contribution in [0.25, 0.3) is 27.8 Å². The lowest BCUT2D eigenvalue weighted by Gasteiger charge is -2.06. The Morgan fingerprint density at radius 3 is 2.81 bits per heavy atom. The Bertz CT molecular complexity index is 1040. The first-order chi connectivity index (χ1) is 12.7. The van der Waals surface area contributed by atoms with E-state index in [1.54, 1.807) is 23.3 Å². The van der Waals surface area contributed by atoms with Gasteiger partial charge in [0.25, 0.3) is 0 Å². The fourth-order valence-corrected chi connectivity index (χ4v) is 2.67. The van der Waals surface area contributed by atoms with Crippen molar-refractivity contribution in [1.29, 1.82) is 0 Å². The fraction of sp³-hybridized carbons (Fsp3) is 0.118. The van der Waals surface area contributed by atoms with Crippen molar-refractivity contribution >= 4 is 23.0 Å². The van der Waals surface area contributed by atoms with Crippen molar-refractivity contribution in [3.05, 3.63) is 49.3 Å². The molecular formula is C17H16N8O. The van der Waals surface area contributed by atoms with Gasteiger partial charge in [0.2, 0.25) is 5.95 Å². The van der Waals surface area contributed by atoms with E-state index in [0.717, 1.165) is 22.3 Å². The average Bonchev–Trinajstić information content (AvgIpc) is 3.31. The minimum atomic E-state index is -0.316. The van der Waals surface area contributed by atoms with Crippen molar-refractivity contribution < 1.29 is 4.79 Å². The molecular weight excluding hydrogens is 332 g/mol. The zero-order valence-corrected chi connectivity index (χ0v) is 14.0. The number of amides is 2. The maximum absolute atomic E-state index is 11.8. The van der Waals surface area contributed by atoms with Crippen LogP contribution in [0.3, 0.4) is 0 Å². The number of aromatic nitrogens is 6. The SMILES string of the molecule is CCNC(=O)Nc1nc2c(-n3cccn3)cc(-c3cncnc3)cc2[nH]1. The molecule has 0 saturated heterocycles. The number of anilines is 1. The number of nitrogens with one attached hydrogen (secondary N) is 3. The molecule has 2 amide bonds. The van der Waals surface area contributed by atoms with Crippen molar-refractivity contribution in [2.24, 2.45) is 0 Å². The van der Waals surface area contributed by atoms with Crippen LogP contribution >= 0.6 is 0 Å². The van der Waals surface area contributed by atoms with Gasteiger partial charge in [-0.05, 0) is 30.7 Å². The Morgan fingerprint density at radius 2 is 2.08 bits per heavy atom. The molecule has 9 nitrogen and oxygen atoms in total. The number of carbonyl (C=O) groups is 1. The summed E-state index contributed by atoms with van der Waals surface area (Å²) >= 11 is 0. The van der Waals surface area contributed by atoms with E-state index in [4.69, 9.17) is 0 Å². The molecule has 4 aromatic rings. The highest BCUT2D eigenvalue weighted by molar-refractivity contribution is 5.94. The lowest BCUT2D eigenvalue weighted by Crippen LogP contribution is -2.28. The van der Waals surface area contributed by atoms with E-state index >= 15 is 0 Å². The summed E-state index contributed by atoms with van der Waals surface area (Å²) in [6.07, 6.45) is 8.51. The summed E-state index contributed by atoms with van der Waals surface area (Å²) in [5.41, 5.74) is 4.03. The van der Waals surface area contributed by atoms with Crippen molar-refractivity contribution in [3.63, 3.8) is 0 Å². The maximum Gasteiger partial charge on any atom is 0.321 e. The number of hydrogen-bond donors (Lipinski definition) is 3. The predicted octanol–water partition coefficient (Wildman–Crippen LogP) is 2.35. The van der Waals surface area contributed by atoms with E-state index in [1.165, 1.54) is 6.33 Å². The van der Waals surface area contributed by atoms with E-state index in [-0.39, 0.29) is 6.03 Å². The van der Waals surface area contributed by atoms with Crippen LogP contribution < -0.4 is 10.6 Å². The number of H-pyrrole nitrogens is 1. The second-order valence-electron chi connectivity index (χ2n) is 5.54. The molecule has 0 aliphatic carbocycles. The third-order valence-corrected chi connectivity index (χ3v) is 3.78. The highest BCUT2D eigenvalue weighted by Gasteiger charge is 2.14. The summed E-state index contributed by atoms with van der Waals surface area (Å²) in [7, 11) is 0. The molecule has 9 heteroatoms. The van der Waals surface area contributed by atoms with Crippen LogP contribution in [0, 0.1) is 0 Å². The van der Waals surface area contributed by atoms with Gasteiger partial charge in [-0.2, -0.15) is 5.10 Å². The first-order valence-electron chi connectivity index (χ1n) is 8.08. The molecule has 0 radical (unpaired) electrons. The smallest absolute Gasteiger partial charge is 0.321 e. The number of imidazole rings is 1. The maximum atomic E-state index is 11.8. The molecule has 0 aliphatic rings. The highest BCUT2D eigenvalue weighted by atomic mass is 16.2. The summed E-state index contributed by atoms with van der Waals surface area (Å²) in [5, 5.41) is 9.67. The second-order valence-corrected chi connectivity index (χ2v) is 5.54. The van der Waals surface area contributed by atoms with E-state index < -0.39 is 0 Å². The van der Waals surface area contributed by atoms with Gasteiger partial charge in [0.1, 0.15) is 11.8 Å². The highest BCUT2D eigenvalue weighted by Crippen LogP contribution is 2.29. The van der Waals surface area contributed by atoms with Crippen molar-refractivity contribution in [3.8, 4) is 16.8 Å². The summed E-state index contributed by atoms with van der Waals surface area (Å²) in [6, 6.07) is 5.43. The second kappa shape index (κ2) is 6.63. The van der Waals surface area contributed by atoms with Crippen LogP contribution in [0.5, 0.6) is 0 Å². The lowest BCUT2D eigenvalue weighted by atomic mass is 10.1. The molecule has 0 saturated carbocycles. The van der Waals surface area contributed by atoms with Crippen LogP contribution in [0.15, 0.2) is 49.3 Å². The zero-order chi connectivity index (χ0) is 17.9. The molecule has 3 heterocycles. The molecule has 1 aromatic carbocycles. The largest absolute Gasteiger partial charge is 0.338 e. The number of carbonyl (C=O) groups excluding carboxylic acids is 1. The van der Waals surface area contributed by atoms with E-state index in [0.29, 0.717) is 18.0 Å². The Labute approximate surface area is 148 Å². The Kier molecular flexibility index (Phi) is 4.02. The van der Waals surface area contributed by atoms with E-state index in [2.05, 4.69) is 35.7 Å². The summed E-state index contributed by atoms with van der Waals surface area (Å²) in [5.74, 6) is 0.362. The monoisotopic (exact) mass is 348 g/mol. The third-order valence-electron chi connectivity index (χ3n) is 3.78. The molecule has 0 unspecified atom stereocenters.